The van der Waals surface area contributed by atoms with Crippen LogP contribution in [0.25, 0.3) is 0 Å². The van der Waals surface area contributed by atoms with Crippen molar-refractivity contribution in [1.29, 1.82) is 0 Å². The maximum atomic E-state index is 12.1. The van der Waals surface area contributed by atoms with E-state index in [0.29, 0.717) is 21.3 Å². The Kier molecular flexibility index (Phi) is 5.20. The van der Waals surface area contributed by atoms with E-state index in [9.17, 15) is 14.7 Å². The topological polar surface area (TPSA) is 66.4 Å². The van der Waals surface area contributed by atoms with Gasteiger partial charge in [0.2, 0.25) is 0 Å². The van der Waals surface area contributed by atoms with Gasteiger partial charge in [0.15, 0.2) is 5.78 Å². The standard InChI is InChI=1S/C16H11Cl2NO3/c17-11-3-1-10(2-4-11)15(20)9-14(16(21)22)19-13-7-5-12(18)6-8-13/h1-9,19H,(H,21,22). The van der Waals surface area contributed by atoms with Crippen LogP contribution in [0.5, 0.6) is 0 Å². The molecule has 22 heavy (non-hydrogen) atoms. The summed E-state index contributed by atoms with van der Waals surface area (Å²) in [5.41, 5.74) is 0.630. The molecule has 0 atom stereocenters. The van der Waals surface area contributed by atoms with Crippen LogP contribution in [-0.4, -0.2) is 16.9 Å². The molecule has 112 valence electrons. The second kappa shape index (κ2) is 7.11. The molecular weight excluding hydrogens is 325 g/mol. The molecule has 0 amide bonds. The van der Waals surface area contributed by atoms with Crippen molar-refractivity contribution in [2.45, 2.75) is 0 Å². The molecule has 2 aromatic rings. The Morgan fingerprint density at radius 3 is 1.91 bits per heavy atom. The molecule has 0 unspecified atom stereocenters. The SMILES string of the molecule is O=C(O)C(=CC(=O)c1ccc(Cl)cc1)Nc1ccc(Cl)cc1. The third-order valence-electron chi connectivity index (χ3n) is 2.76. The van der Waals surface area contributed by atoms with Crippen molar-refractivity contribution in [2.24, 2.45) is 0 Å². The highest BCUT2D eigenvalue weighted by Gasteiger charge is 2.11. The number of anilines is 1. The fourth-order valence-corrected chi connectivity index (χ4v) is 1.92. The highest BCUT2D eigenvalue weighted by Crippen LogP contribution is 2.16. The molecule has 4 nitrogen and oxygen atoms in total. The molecule has 0 spiro atoms. The Hall–Kier alpha value is -2.30. The maximum Gasteiger partial charge on any atom is 0.352 e. The van der Waals surface area contributed by atoms with E-state index in [2.05, 4.69) is 5.32 Å². The highest BCUT2D eigenvalue weighted by atomic mass is 35.5. The normalized spacial score (nSPS) is 11.1. The molecule has 0 aliphatic rings. The molecule has 2 rings (SSSR count). The zero-order valence-electron chi connectivity index (χ0n) is 11.2. The summed E-state index contributed by atoms with van der Waals surface area (Å²) in [5.74, 6) is -1.67. The van der Waals surface area contributed by atoms with Gasteiger partial charge in [-0.25, -0.2) is 4.79 Å². The van der Waals surface area contributed by atoms with E-state index in [0.717, 1.165) is 6.08 Å². The largest absolute Gasteiger partial charge is 0.477 e. The van der Waals surface area contributed by atoms with Crippen molar-refractivity contribution in [3.8, 4) is 0 Å². The van der Waals surface area contributed by atoms with Gasteiger partial charge in [-0.1, -0.05) is 23.2 Å². The molecule has 0 aliphatic carbocycles. The lowest BCUT2D eigenvalue weighted by atomic mass is 10.1. The average molecular weight is 336 g/mol. The van der Waals surface area contributed by atoms with Crippen LogP contribution in [0.15, 0.2) is 60.3 Å². The molecule has 0 fully saturated rings. The lowest BCUT2D eigenvalue weighted by molar-refractivity contribution is -0.132. The first kappa shape index (κ1) is 16.1. The summed E-state index contributed by atoms with van der Waals surface area (Å²) >= 11 is 11.5. The van der Waals surface area contributed by atoms with Crippen LogP contribution in [0, 0.1) is 0 Å². The van der Waals surface area contributed by atoms with Crippen molar-refractivity contribution in [1.82, 2.24) is 0 Å². The number of halogens is 2. The van der Waals surface area contributed by atoms with Crippen LogP contribution in [0.2, 0.25) is 10.0 Å². The summed E-state index contributed by atoms with van der Waals surface area (Å²) in [5, 5.41) is 12.9. The van der Waals surface area contributed by atoms with E-state index in [1.807, 2.05) is 0 Å². The van der Waals surface area contributed by atoms with Crippen molar-refractivity contribution in [2.75, 3.05) is 5.32 Å². The summed E-state index contributed by atoms with van der Waals surface area (Å²) in [6.45, 7) is 0. The van der Waals surface area contributed by atoms with Gasteiger partial charge in [-0.05, 0) is 48.5 Å². The lowest BCUT2D eigenvalue weighted by Crippen LogP contribution is -2.12. The molecule has 0 aromatic heterocycles. The number of carboxylic acids is 1. The van der Waals surface area contributed by atoms with Crippen LogP contribution in [0.4, 0.5) is 5.69 Å². The van der Waals surface area contributed by atoms with E-state index in [4.69, 9.17) is 23.2 Å². The highest BCUT2D eigenvalue weighted by molar-refractivity contribution is 6.31. The summed E-state index contributed by atoms with van der Waals surface area (Å²) in [4.78, 5) is 23.3. The average Bonchev–Trinajstić information content (AvgIpc) is 2.49. The van der Waals surface area contributed by atoms with Crippen molar-refractivity contribution in [3.05, 3.63) is 75.9 Å². The molecule has 2 N–H and O–H groups in total. The van der Waals surface area contributed by atoms with E-state index >= 15 is 0 Å². The number of carboxylic acid groups (broad SMARTS) is 1. The van der Waals surface area contributed by atoms with Gasteiger partial charge in [0, 0.05) is 27.4 Å². The summed E-state index contributed by atoms with van der Waals surface area (Å²) < 4.78 is 0. The second-order valence-electron chi connectivity index (χ2n) is 4.37. The molecule has 6 heteroatoms. The van der Waals surface area contributed by atoms with Crippen LogP contribution in [-0.2, 0) is 4.79 Å². The molecule has 0 radical (unpaired) electrons. The van der Waals surface area contributed by atoms with Gasteiger partial charge >= 0.3 is 5.97 Å². The number of hydrogen-bond donors (Lipinski definition) is 2. The van der Waals surface area contributed by atoms with E-state index in [-0.39, 0.29) is 5.70 Å². The smallest absolute Gasteiger partial charge is 0.352 e. The maximum absolute atomic E-state index is 12.1. The van der Waals surface area contributed by atoms with Crippen LogP contribution in [0.3, 0.4) is 0 Å². The van der Waals surface area contributed by atoms with Crippen LogP contribution >= 0.6 is 23.2 Å². The van der Waals surface area contributed by atoms with Gasteiger partial charge in [-0.3, -0.25) is 4.79 Å². The van der Waals surface area contributed by atoms with Gasteiger partial charge in [0.25, 0.3) is 0 Å². The summed E-state index contributed by atoms with van der Waals surface area (Å²) in [7, 11) is 0. The van der Waals surface area contributed by atoms with E-state index in [1.54, 1.807) is 36.4 Å². The Labute approximate surface area is 137 Å². The van der Waals surface area contributed by atoms with Crippen LogP contribution in [0.1, 0.15) is 10.4 Å². The van der Waals surface area contributed by atoms with Crippen molar-refractivity contribution in [3.63, 3.8) is 0 Å². The Balaban J connectivity index is 2.23. The van der Waals surface area contributed by atoms with Crippen molar-refractivity contribution >= 4 is 40.6 Å². The Morgan fingerprint density at radius 2 is 1.41 bits per heavy atom. The second-order valence-corrected chi connectivity index (χ2v) is 5.24. The van der Waals surface area contributed by atoms with Gasteiger partial charge in [0.1, 0.15) is 5.70 Å². The number of nitrogens with one attached hydrogen (secondary N) is 1. The predicted octanol–water partition coefficient (Wildman–Crippen LogP) is 4.26. The molecule has 0 aliphatic heterocycles. The zero-order valence-corrected chi connectivity index (χ0v) is 12.7. The minimum atomic E-state index is -1.24. The zero-order chi connectivity index (χ0) is 16.1. The number of aliphatic carboxylic acids is 1. The molecule has 2 aromatic carbocycles. The number of hydrogen-bond acceptors (Lipinski definition) is 3. The lowest BCUT2D eigenvalue weighted by Gasteiger charge is -2.07. The van der Waals surface area contributed by atoms with Gasteiger partial charge in [0.05, 0.1) is 0 Å². The number of ketones is 1. The minimum absolute atomic E-state index is 0.234. The van der Waals surface area contributed by atoms with E-state index < -0.39 is 11.8 Å². The third kappa shape index (κ3) is 4.35. The van der Waals surface area contributed by atoms with Gasteiger partial charge in [-0.15, -0.1) is 0 Å². The fourth-order valence-electron chi connectivity index (χ4n) is 1.67. The molecule has 0 bridgehead atoms. The minimum Gasteiger partial charge on any atom is -0.477 e. The number of carbonyl (C=O) groups excluding carboxylic acids is 1. The summed E-state index contributed by atoms with van der Waals surface area (Å²) in [6.07, 6.45) is 1.03. The van der Waals surface area contributed by atoms with Gasteiger partial charge < -0.3 is 10.4 Å². The first-order valence-corrected chi connectivity index (χ1v) is 6.99. The molecule has 0 saturated heterocycles. The molecular formula is C16H11Cl2NO3. The van der Waals surface area contributed by atoms with Crippen LogP contribution < -0.4 is 5.32 Å². The van der Waals surface area contributed by atoms with Crippen molar-refractivity contribution < 1.29 is 14.7 Å². The number of carbonyl (C=O) groups is 2. The predicted molar refractivity (Wildman–Crippen MR) is 86.6 cm³/mol. The monoisotopic (exact) mass is 335 g/mol. The Morgan fingerprint density at radius 1 is 0.909 bits per heavy atom. The molecule has 0 saturated carbocycles. The first-order valence-electron chi connectivity index (χ1n) is 6.23. The number of benzene rings is 2. The number of allylic oxidation sites excluding steroid dienone is 1. The molecule has 0 heterocycles. The Bertz CT molecular complexity index is 722. The third-order valence-corrected chi connectivity index (χ3v) is 3.26. The van der Waals surface area contributed by atoms with Gasteiger partial charge in [-0.2, -0.15) is 0 Å². The van der Waals surface area contributed by atoms with E-state index in [1.165, 1.54) is 12.1 Å². The fraction of sp³-hybridized carbons (Fsp3) is 0. The first-order chi connectivity index (χ1) is 10.5. The summed E-state index contributed by atoms with van der Waals surface area (Å²) in [6, 6.07) is 12.7. The quantitative estimate of drug-likeness (QED) is 0.633. The number of rotatable bonds is 5.